The zero-order valence-corrected chi connectivity index (χ0v) is 7.69. The summed E-state index contributed by atoms with van der Waals surface area (Å²) in [5.74, 6) is 0.0127. The third kappa shape index (κ3) is 1.21. The van der Waals surface area contributed by atoms with Gasteiger partial charge in [0.15, 0.2) is 0 Å². The van der Waals surface area contributed by atoms with Gasteiger partial charge < -0.3 is 0 Å². The van der Waals surface area contributed by atoms with Crippen molar-refractivity contribution in [3.8, 4) is 6.07 Å². The van der Waals surface area contributed by atoms with Crippen LogP contribution in [0.2, 0.25) is 0 Å². The molecule has 0 fully saturated rings. The van der Waals surface area contributed by atoms with Crippen molar-refractivity contribution in [2.75, 3.05) is 0 Å². The van der Waals surface area contributed by atoms with Gasteiger partial charge in [0.2, 0.25) is 0 Å². The Labute approximate surface area is 77.2 Å². The molecule has 0 bridgehead atoms. The average molecular weight is 176 g/mol. The van der Waals surface area contributed by atoms with E-state index in [1.165, 1.54) is 0 Å². The first-order valence-corrected chi connectivity index (χ1v) is 4.68. The highest BCUT2D eigenvalue weighted by atomic mass is 15.4. The van der Waals surface area contributed by atoms with Crippen LogP contribution in [0.25, 0.3) is 0 Å². The minimum Gasteiger partial charge on any atom is -0.248 e. The van der Waals surface area contributed by atoms with Crippen LogP contribution in [-0.4, -0.2) is 15.0 Å². The summed E-state index contributed by atoms with van der Waals surface area (Å²) >= 11 is 0. The fourth-order valence-electron chi connectivity index (χ4n) is 1.89. The van der Waals surface area contributed by atoms with Gasteiger partial charge in [0.1, 0.15) is 0 Å². The Hall–Kier alpha value is -1.37. The SMILES string of the molecule is CCn1nnc2c1C(C#N)CCC2. The number of aromatic nitrogens is 3. The maximum Gasteiger partial charge on any atom is 0.0901 e. The molecule has 0 spiro atoms. The average Bonchev–Trinajstić information content (AvgIpc) is 2.60. The molecule has 0 radical (unpaired) electrons. The molecule has 1 unspecified atom stereocenters. The van der Waals surface area contributed by atoms with Crippen molar-refractivity contribution in [1.29, 1.82) is 5.26 Å². The Bertz CT molecular complexity index is 333. The van der Waals surface area contributed by atoms with Crippen molar-refractivity contribution in [3.05, 3.63) is 11.4 Å². The van der Waals surface area contributed by atoms with Crippen LogP contribution in [0.3, 0.4) is 0 Å². The maximum absolute atomic E-state index is 8.96. The summed E-state index contributed by atoms with van der Waals surface area (Å²) in [5.41, 5.74) is 2.08. The van der Waals surface area contributed by atoms with Gasteiger partial charge in [-0.1, -0.05) is 5.21 Å². The molecule has 1 aliphatic rings. The van der Waals surface area contributed by atoms with Crippen molar-refractivity contribution >= 4 is 0 Å². The molecule has 0 saturated carbocycles. The molecule has 1 aromatic rings. The minimum absolute atomic E-state index is 0.0127. The molecule has 0 aliphatic heterocycles. The first-order valence-electron chi connectivity index (χ1n) is 4.68. The van der Waals surface area contributed by atoms with Crippen LogP contribution in [-0.2, 0) is 13.0 Å². The number of hydrogen-bond donors (Lipinski definition) is 0. The first-order chi connectivity index (χ1) is 6.36. The predicted octanol–water partition coefficient (Wildman–Crippen LogP) is 1.24. The van der Waals surface area contributed by atoms with Crippen molar-refractivity contribution in [3.63, 3.8) is 0 Å². The third-order valence-corrected chi connectivity index (χ3v) is 2.54. The predicted molar refractivity (Wildman–Crippen MR) is 47.0 cm³/mol. The van der Waals surface area contributed by atoms with Crippen molar-refractivity contribution < 1.29 is 0 Å². The maximum atomic E-state index is 8.96. The Morgan fingerprint density at radius 1 is 1.69 bits per heavy atom. The van der Waals surface area contributed by atoms with Crippen LogP contribution in [0.5, 0.6) is 0 Å². The monoisotopic (exact) mass is 176 g/mol. The molecular formula is C9H12N4. The van der Waals surface area contributed by atoms with Gasteiger partial charge in [-0.2, -0.15) is 5.26 Å². The van der Waals surface area contributed by atoms with Gasteiger partial charge in [0.25, 0.3) is 0 Å². The van der Waals surface area contributed by atoms with E-state index >= 15 is 0 Å². The molecule has 4 heteroatoms. The lowest BCUT2D eigenvalue weighted by molar-refractivity contribution is 0.550. The van der Waals surface area contributed by atoms with Crippen molar-refractivity contribution in [2.45, 2.75) is 38.6 Å². The van der Waals surface area contributed by atoms with Gasteiger partial charge in [-0.05, 0) is 26.2 Å². The zero-order valence-electron chi connectivity index (χ0n) is 7.69. The van der Waals surface area contributed by atoms with Crippen LogP contribution in [0.4, 0.5) is 0 Å². The van der Waals surface area contributed by atoms with Gasteiger partial charge in [0, 0.05) is 6.54 Å². The summed E-state index contributed by atoms with van der Waals surface area (Å²) in [7, 11) is 0. The Balaban J connectivity index is 2.46. The largest absolute Gasteiger partial charge is 0.248 e. The number of nitrogens with zero attached hydrogens (tertiary/aromatic N) is 4. The zero-order chi connectivity index (χ0) is 9.26. The van der Waals surface area contributed by atoms with Crippen molar-refractivity contribution in [2.24, 2.45) is 0 Å². The Morgan fingerprint density at radius 3 is 3.23 bits per heavy atom. The molecule has 2 rings (SSSR count). The highest BCUT2D eigenvalue weighted by Gasteiger charge is 2.25. The summed E-state index contributed by atoms with van der Waals surface area (Å²) in [6, 6.07) is 2.32. The summed E-state index contributed by atoms with van der Waals surface area (Å²) in [4.78, 5) is 0. The molecule has 1 atom stereocenters. The molecule has 4 nitrogen and oxygen atoms in total. The smallest absolute Gasteiger partial charge is 0.0901 e. The summed E-state index contributed by atoms with van der Waals surface area (Å²) in [5, 5.41) is 17.1. The highest BCUT2D eigenvalue weighted by Crippen LogP contribution is 2.29. The fraction of sp³-hybridized carbons (Fsp3) is 0.667. The summed E-state index contributed by atoms with van der Waals surface area (Å²) < 4.78 is 1.85. The minimum atomic E-state index is 0.0127. The van der Waals surface area contributed by atoms with Crippen LogP contribution in [0, 0.1) is 11.3 Å². The highest BCUT2D eigenvalue weighted by molar-refractivity contribution is 5.24. The molecule has 0 aromatic carbocycles. The second kappa shape index (κ2) is 3.17. The lowest BCUT2D eigenvalue weighted by Gasteiger charge is -2.16. The van der Waals surface area contributed by atoms with E-state index in [1.807, 2.05) is 11.6 Å². The lowest BCUT2D eigenvalue weighted by atomic mass is 9.91. The molecule has 1 aromatic heterocycles. The molecule has 13 heavy (non-hydrogen) atoms. The second-order valence-corrected chi connectivity index (χ2v) is 3.31. The van der Waals surface area contributed by atoms with E-state index in [-0.39, 0.29) is 5.92 Å². The standard InChI is InChI=1S/C9H12N4/c1-2-13-9-7(6-10)4-3-5-8(9)11-12-13/h7H,2-5H2,1H3. The fourth-order valence-corrected chi connectivity index (χ4v) is 1.89. The lowest BCUT2D eigenvalue weighted by Crippen LogP contribution is -2.13. The number of fused-ring (bicyclic) bond motifs is 1. The van der Waals surface area contributed by atoms with Gasteiger partial charge in [0.05, 0.1) is 23.4 Å². The quantitative estimate of drug-likeness (QED) is 0.647. The molecule has 68 valence electrons. The van der Waals surface area contributed by atoms with E-state index in [2.05, 4.69) is 16.4 Å². The molecule has 0 N–H and O–H groups in total. The van der Waals surface area contributed by atoms with E-state index in [4.69, 9.17) is 5.26 Å². The van der Waals surface area contributed by atoms with Crippen LogP contribution >= 0.6 is 0 Å². The number of nitriles is 1. The third-order valence-electron chi connectivity index (χ3n) is 2.54. The van der Waals surface area contributed by atoms with Crippen LogP contribution < -0.4 is 0 Å². The molecule has 0 amide bonds. The number of aryl methyl sites for hydroxylation is 2. The molecule has 1 heterocycles. The van der Waals surface area contributed by atoms with Gasteiger partial charge in [-0.15, -0.1) is 5.10 Å². The molecular weight excluding hydrogens is 164 g/mol. The van der Waals surface area contributed by atoms with Gasteiger partial charge in [-0.25, -0.2) is 4.68 Å². The van der Waals surface area contributed by atoms with Gasteiger partial charge in [-0.3, -0.25) is 0 Å². The number of hydrogen-bond acceptors (Lipinski definition) is 3. The van der Waals surface area contributed by atoms with E-state index in [0.717, 1.165) is 37.2 Å². The Morgan fingerprint density at radius 2 is 2.54 bits per heavy atom. The molecule has 1 aliphatic carbocycles. The van der Waals surface area contributed by atoms with Crippen LogP contribution in [0.1, 0.15) is 37.1 Å². The molecule has 0 saturated heterocycles. The Kier molecular flexibility index (Phi) is 2.01. The second-order valence-electron chi connectivity index (χ2n) is 3.31. The van der Waals surface area contributed by atoms with E-state index in [1.54, 1.807) is 0 Å². The summed E-state index contributed by atoms with van der Waals surface area (Å²) in [6.45, 7) is 2.83. The van der Waals surface area contributed by atoms with Gasteiger partial charge >= 0.3 is 0 Å². The van der Waals surface area contributed by atoms with Crippen LogP contribution in [0.15, 0.2) is 0 Å². The summed E-state index contributed by atoms with van der Waals surface area (Å²) in [6.07, 6.45) is 3.00. The van der Waals surface area contributed by atoms with Crippen molar-refractivity contribution in [1.82, 2.24) is 15.0 Å². The van der Waals surface area contributed by atoms with E-state index in [0.29, 0.717) is 0 Å². The number of rotatable bonds is 1. The first kappa shape index (κ1) is 8.24. The normalized spacial score (nSPS) is 20.8. The van der Waals surface area contributed by atoms with E-state index in [9.17, 15) is 0 Å². The topological polar surface area (TPSA) is 54.5 Å². The van der Waals surface area contributed by atoms with E-state index < -0.39 is 0 Å².